The van der Waals surface area contributed by atoms with E-state index in [2.05, 4.69) is 6.92 Å². The quantitative estimate of drug-likeness (QED) is 0.615. The lowest BCUT2D eigenvalue weighted by Gasteiger charge is -2.20. The highest BCUT2D eigenvalue weighted by molar-refractivity contribution is 6.31. The van der Waals surface area contributed by atoms with Gasteiger partial charge in [0.05, 0.1) is 5.84 Å². The molecule has 0 heterocycles. The standard InChI is InChI=1S/C12H17ClN2/c1-3-6-12(14)15(2)9-10-7-4-5-8-11(10)13/h4-5,7-8,14H,3,6,9H2,1-2H3. The maximum absolute atomic E-state index is 7.80. The Kier molecular flexibility index (Phi) is 4.63. The molecule has 0 aliphatic carbocycles. The average molecular weight is 225 g/mol. The van der Waals surface area contributed by atoms with E-state index in [0.717, 1.165) is 23.4 Å². The van der Waals surface area contributed by atoms with Crippen molar-refractivity contribution in [3.8, 4) is 0 Å². The summed E-state index contributed by atoms with van der Waals surface area (Å²) < 4.78 is 0. The third-order valence-corrected chi connectivity index (χ3v) is 2.68. The predicted octanol–water partition coefficient (Wildman–Crippen LogP) is 3.55. The lowest BCUT2D eigenvalue weighted by molar-refractivity contribution is 0.483. The Balaban J connectivity index is 2.62. The van der Waals surface area contributed by atoms with Gasteiger partial charge in [0, 0.05) is 25.0 Å². The van der Waals surface area contributed by atoms with Crippen LogP contribution in [0.25, 0.3) is 0 Å². The smallest absolute Gasteiger partial charge is 0.0957 e. The molecule has 1 aromatic rings. The van der Waals surface area contributed by atoms with Gasteiger partial charge in [0.1, 0.15) is 0 Å². The van der Waals surface area contributed by atoms with Crippen molar-refractivity contribution in [2.24, 2.45) is 0 Å². The van der Waals surface area contributed by atoms with E-state index in [-0.39, 0.29) is 0 Å². The molecule has 0 spiro atoms. The van der Waals surface area contributed by atoms with Gasteiger partial charge in [-0.1, -0.05) is 36.7 Å². The normalized spacial score (nSPS) is 10.1. The molecule has 82 valence electrons. The summed E-state index contributed by atoms with van der Waals surface area (Å²) in [5, 5.41) is 8.57. The second-order valence-electron chi connectivity index (χ2n) is 3.64. The number of benzene rings is 1. The summed E-state index contributed by atoms with van der Waals surface area (Å²) in [5.74, 6) is 0.664. The van der Waals surface area contributed by atoms with Crippen LogP contribution in [0.2, 0.25) is 5.02 Å². The number of hydrogen-bond acceptors (Lipinski definition) is 1. The maximum atomic E-state index is 7.80. The van der Waals surface area contributed by atoms with Gasteiger partial charge in [0.2, 0.25) is 0 Å². The minimum atomic E-state index is 0.664. The number of hydrogen-bond donors (Lipinski definition) is 1. The Morgan fingerprint density at radius 1 is 1.40 bits per heavy atom. The molecule has 0 saturated heterocycles. The van der Waals surface area contributed by atoms with Crippen molar-refractivity contribution >= 4 is 17.4 Å². The van der Waals surface area contributed by atoms with Crippen LogP contribution in [0, 0.1) is 5.41 Å². The van der Waals surface area contributed by atoms with Gasteiger partial charge in [-0.2, -0.15) is 0 Å². The molecule has 0 unspecified atom stereocenters. The summed E-state index contributed by atoms with van der Waals surface area (Å²) in [6.07, 6.45) is 1.83. The second kappa shape index (κ2) is 5.76. The first-order valence-electron chi connectivity index (χ1n) is 5.17. The van der Waals surface area contributed by atoms with Crippen LogP contribution >= 0.6 is 11.6 Å². The van der Waals surface area contributed by atoms with E-state index in [0.29, 0.717) is 12.4 Å². The fourth-order valence-corrected chi connectivity index (χ4v) is 1.60. The van der Waals surface area contributed by atoms with E-state index in [1.165, 1.54) is 0 Å². The van der Waals surface area contributed by atoms with E-state index in [1.807, 2.05) is 36.2 Å². The molecule has 0 radical (unpaired) electrons. The molecule has 1 aromatic carbocycles. The second-order valence-corrected chi connectivity index (χ2v) is 4.05. The number of nitrogens with zero attached hydrogens (tertiary/aromatic N) is 1. The van der Waals surface area contributed by atoms with Crippen molar-refractivity contribution in [1.29, 1.82) is 5.41 Å². The number of halogens is 1. The van der Waals surface area contributed by atoms with Crippen LogP contribution in [0.1, 0.15) is 25.3 Å². The van der Waals surface area contributed by atoms with Gasteiger partial charge >= 0.3 is 0 Å². The van der Waals surface area contributed by atoms with Crippen molar-refractivity contribution in [1.82, 2.24) is 4.90 Å². The Labute approximate surface area is 96.4 Å². The van der Waals surface area contributed by atoms with Crippen molar-refractivity contribution in [2.75, 3.05) is 7.05 Å². The third-order valence-electron chi connectivity index (χ3n) is 2.31. The Hall–Kier alpha value is -1.02. The van der Waals surface area contributed by atoms with E-state index in [1.54, 1.807) is 0 Å². The SMILES string of the molecule is CCCC(=N)N(C)Cc1ccccc1Cl. The minimum Gasteiger partial charge on any atom is -0.359 e. The van der Waals surface area contributed by atoms with E-state index in [4.69, 9.17) is 17.0 Å². The van der Waals surface area contributed by atoms with Gasteiger partial charge in [-0.05, 0) is 18.1 Å². The Morgan fingerprint density at radius 3 is 2.67 bits per heavy atom. The lowest BCUT2D eigenvalue weighted by atomic mass is 10.2. The van der Waals surface area contributed by atoms with Crippen molar-refractivity contribution in [2.45, 2.75) is 26.3 Å². The van der Waals surface area contributed by atoms with Crippen LogP contribution in [0.3, 0.4) is 0 Å². The average Bonchev–Trinajstić information content (AvgIpc) is 2.21. The zero-order valence-electron chi connectivity index (χ0n) is 9.26. The molecule has 15 heavy (non-hydrogen) atoms. The number of rotatable bonds is 4. The molecule has 0 fully saturated rings. The molecule has 2 nitrogen and oxygen atoms in total. The molecule has 0 saturated carbocycles. The summed E-state index contributed by atoms with van der Waals surface area (Å²) >= 11 is 6.05. The summed E-state index contributed by atoms with van der Waals surface area (Å²) in [7, 11) is 1.93. The topological polar surface area (TPSA) is 27.1 Å². The van der Waals surface area contributed by atoms with Crippen molar-refractivity contribution in [3.63, 3.8) is 0 Å². The molecule has 0 aliphatic heterocycles. The van der Waals surface area contributed by atoms with Crippen LogP contribution < -0.4 is 0 Å². The summed E-state index contributed by atoms with van der Waals surface area (Å²) in [4.78, 5) is 1.94. The molecule has 0 amide bonds. The molecule has 0 aromatic heterocycles. The Morgan fingerprint density at radius 2 is 2.07 bits per heavy atom. The van der Waals surface area contributed by atoms with Crippen LogP contribution in [-0.2, 0) is 6.54 Å². The minimum absolute atomic E-state index is 0.664. The zero-order valence-corrected chi connectivity index (χ0v) is 10.0. The molecular formula is C12H17ClN2. The van der Waals surface area contributed by atoms with Crippen LogP contribution in [0.5, 0.6) is 0 Å². The molecular weight excluding hydrogens is 208 g/mol. The van der Waals surface area contributed by atoms with E-state index < -0.39 is 0 Å². The van der Waals surface area contributed by atoms with Crippen LogP contribution in [0.4, 0.5) is 0 Å². The summed E-state index contributed by atoms with van der Waals surface area (Å²) in [6, 6.07) is 7.77. The predicted molar refractivity (Wildman–Crippen MR) is 65.6 cm³/mol. The molecule has 1 N–H and O–H groups in total. The largest absolute Gasteiger partial charge is 0.359 e. The highest BCUT2D eigenvalue weighted by Gasteiger charge is 2.06. The molecule has 1 rings (SSSR count). The summed E-state index contributed by atoms with van der Waals surface area (Å²) in [6.45, 7) is 2.79. The zero-order chi connectivity index (χ0) is 11.3. The van der Waals surface area contributed by atoms with Gasteiger partial charge in [-0.15, -0.1) is 0 Å². The fourth-order valence-electron chi connectivity index (χ4n) is 1.41. The van der Waals surface area contributed by atoms with E-state index in [9.17, 15) is 0 Å². The van der Waals surface area contributed by atoms with Gasteiger partial charge in [0.25, 0.3) is 0 Å². The van der Waals surface area contributed by atoms with Crippen molar-refractivity contribution in [3.05, 3.63) is 34.9 Å². The van der Waals surface area contributed by atoms with Gasteiger partial charge < -0.3 is 4.90 Å². The third kappa shape index (κ3) is 3.56. The van der Waals surface area contributed by atoms with Crippen LogP contribution in [-0.4, -0.2) is 17.8 Å². The molecule has 0 atom stereocenters. The van der Waals surface area contributed by atoms with Gasteiger partial charge in [0.15, 0.2) is 0 Å². The van der Waals surface area contributed by atoms with Gasteiger partial charge in [-0.3, -0.25) is 5.41 Å². The lowest BCUT2D eigenvalue weighted by Crippen LogP contribution is -2.25. The van der Waals surface area contributed by atoms with Crippen LogP contribution in [0.15, 0.2) is 24.3 Å². The molecule has 0 aliphatic rings. The molecule has 0 bridgehead atoms. The highest BCUT2D eigenvalue weighted by atomic mass is 35.5. The molecule has 3 heteroatoms. The monoisotopic (exact) mass is 224 g/mol. The number of amidine groups is 1. The first-order chi connectivity index (χ1) is 7.15. The van der Waals surface area contributed by atoms with Crippen molar-refractivity contribution < 1.29 is 0 Å². The van der Waals surface area contributed by atoms with E-state index >= 15 is 0 Å². The fraction of sp³-hybridized carbons (Fsp3) is 0.417. The first-order valence-corrected chi connectivity index (χ1v) is 5.55. The Bertz CT molecular complexity index is 336. The number of nitrogens with one attached hydrogen (secondary N) is 1. The highest BCUT2D eigenvalue weighted by Crippen LogP contribution is 2.16. The van der Waals surface area contributed by atoms with Gasteiger partial charge in [-0.25, -0.2) is 0 Å². The first kappa shape index (κ1) is 12.1. The maximum Gasteiger partial charge on any atom is 0.0957 e. The summed E-state index contributed by atoms with van der Waals surface area (Å²) in [5.41, 5.74) is 1.07.